The average molecular weight is 658 g/mol. The molecule has 2 aromatic carbocycles. The van der Waals surface area contributed by atoms with E-state index in [0.29, 0.717) is 5.11 Å². The molecule has 1 unspecified atom stereocenters. The van der Waals surface area contributed by atoms with E-state index in [9.17, 15) is 0 Å². The topological polar surface area (TPSA) is 27.6 Å². The highest BCUT2D eigenvalue weighted by Crippen LogP contribution is 2.55. The maximum atomic E-state index is 5.50. The number of nitrogens with one attached hydrogen (secondary N) is 1. The molecule has 0 spiro atoms. The standard InChI is InChI=1S/C34H48IN3S/c1-5-7-9-11-13-15-21-34(22-16-14-12-10-8-6-2)30-23-26(32-37-33(39)36-25(3)38(32)4)17-19-28(30)29-20-18-27(35)24-31(29)34/h17-20,23-24,32H,5-16,21-22H2,1-4H3,(H,37,39). The van der Waals surface area contributed by atoms with Crippen molar-refractivity contribution in [1.29, 1.82) is 0 Å². The number of halogens is 1. The Hall–Kier alpha value is -1.47. The molecule has 1 aliphatic carbocycles. The number of hydrogen-bond donors (Lipinski definition) is 1. The molecule has 0 radical (unpaired) electrons. The number of unbranched alkanes of at least 4 members (excludes halogenated alkanes) is 10. The van der Waals surface area contributed by atoms with Gasteiger partial charge in [-0.25, -0.2) is 4.99 Å². The molecule has 3 nitrogen and oxygen atoms in total. The maximum absolute atomic E-state index is 5.50. The van der Waals surface area contributed by atoms with Gasteiger partial charge in [0.05, 0.1) is 0 Å². The summed E-state index contributed by atoms with van der Waals surface area (Å²) in [5.74, 6) is 0.965. The summed E-state index contributed by atoms with van der Waals surface area (Å²) in [6, 6.07) is 14.4. The fourth-order valence-corrected chi connectivity index (χ4v) is 7.43. The lowest BCUT2D eigenvalue weighted by atomic mass is 9.70. The van der Waals surface area contributed by atoms with Crippen molar-refractivity contribution in [2.24, 2.45) is 4.99 Å². The van der Waals surface area contributed by atoms with Gasteiger partial charge in [-0.1, -0.05) is 115 Å². The Morgan fingerprint density at radius 2 is 1.36 bits per heavy atom. The van der Waals surface area contributed by atoms with Gasteiger partial charge in [0.2, 0.25) is 0 Å². The third kappa shape index (κ3) is 7.06. The summed E-state index contributed by atoms with van der Waals surface area (Å²) in [6.07, 6.45) is 18.6. The molecule has 39 heavy (non-hydrogen) atoms. The SMILES string of the molecule is CCCCCCCCC1(CCCCCCCC)c2cc(I)ccc2-c2ccc(C3NC(=S)N=C(C)N3C)cc21. The lowest BCUT2D eigenvalue weighted by molar-refractivity contribution is 0.341. The van der Waals surface area contributed by atoms with E-state index in [0.717, 1.165) is 5.84 Å². The highest BCUT2D eigenvalue weighted by Gasteiger charge is 2.43. The summed E-state index contributed by atoms with van der Waals surface area (Å²) in [5, 5.41) is 4.06. The van der Waals surface area contributed by atoms with E-state index in [1.165, 1.54) is 110 Å². The number of nitrogens with zero attached hydrogens (tertiary/aromatic N) is 2. The third-order valence-electron chi connectivity index (χ3n) is 9.00. The first kappa shape index (κ1) is 30.5. The minimum absolute atomic E-state index is 0.0185. The molecule has 0 bridgehead atoms. The number of benzene rings is 2. The molecule has 1 atom stereocenters. The van der Waals surface area contributed by atoms with Crippen molar-refractivity contribution in [2.75, 3.05) is 7.05 Å². The summed E-state index contributed by atoms with van der Waals surface area (Å²) in [7, 11) is 2.11. The van der Waals surface area contributed by atoms with E-state index in [1.54, 1.807) is 11.1 Å². The van der Waals surface area contributed by atoms with Crippen LogP contribution >= 0.6 is 34.8 Å². The second-order valence-corrected chi connectivity index (χ2v) is 13.4. The first-order valence-corrected chi connectivity index (χ1v) is 16.9. The van der Waals surface area contributed by atoms with Crippen molar-refractivity contribution < 1.29 is 0 Å². The fourth-order valence-electron chi connectivity index (χ4n) is 6.70. The molecule has 1 heterocycles. The Labute approximate surface area is 256 Å². The van der Waals surface area contributed by atoms with Crippen molar-refractivity contribution >= 4 is 45.8 Å². The summed E-state index contributed by atoms with van der Waals surface area (Å²) >= 11 is 8.02. The van der Waals surface area contributed by atoms with Crippen molar-refractivity contribution in [3.05, 3.63) is 56.7 Å². The first-order valence-electron chi connectivity index (χ1n) is 15.4. The third-order valence-corrected chi connectivity index (χ3v) is 9.88. The van der Waals surface area contributed by atoms with E-state index >= 15 is 0 Å². The molecule has 2 aromatic rings. The van der Waals surface area contributed by atoms with Gasteiger partial charge in [-0.2, -0.15) is 0 Å². The van der Waals surface area contributed by atoms with Gasteiger partial charge in [0, 0.05) is 16.0 Å². The quantitative estimate of drug-likeness (QED) is 0.117. The van der Waals surface area contributed by atoms with Crippen LogP contribution in [-0.4, -0.2) is 22.9 Å². The van der Waals surface area contributed by atoms with Gasteiger partial charge in [-0.3, -0.25) is 0 Å². The second-order valence-electron chi connectivity index (χ2n) is 11.7. The van der Waals surface area contributed by atoms with E-state index < -0.39 is 0 Å². The van der Waals surface area contributed by atoms with Gasteiger partial charge in [0.25, 0.3) is 0 Å². The predicted molar refractivity (Wildman–Crippen MR) is 181 cm³/mol. The molecule has 5 heteroatoms. The predicted octanol–water partition coefficient (Wildman–Crippen LogP) is 10.3. The number of hydrogen-bond acceptors (Lipinski definition) is 2. The molecule has 1 N–H and O–H groups in total. The van der Waals surface area contributed by atoms with Gasteiger partial charge in [0.1, 0.15) is 12.0 Å². The van der Waals surface area contributed by atoms with Gasteiger partial charge in [-0.05, 0) is 94.5 Å². The van der Waals surface area contributed by atoms with Gasteiger partial charge in [0.15, 0.2) is 5.11 Å². The highest BCUT2D eigenvalue weighted by molar-refractivity contribution is 14.1. The lowest BCUT2D eigenvalue weighted by Crippen LogP contribution is -2.45. The largest absolute Gasteiger partial charge is 0.339 e. The Kier molecular flexibility index (Phi) is 11.3. The summed E-state index contributed by atoms with van der Waals surface area (Å²) < 4.78 is 1.35. The Bertz CT molecular complexity index is 1140. The summed E-state index contributed by atoms with van der Waals surface area (Å²) in [6.45, 7) is 6.66. The van der Waals surface area contributed by atoms with Crippen LogP contribution < -0.4 is 5.32 Å². The van der Waals surface area contributed by atoms with Gasteiger partial charge >= 0.3 is 0 Å². The van der Waals surface area contributed by atoms with Crippen molar-refractivity contribution in [3.8, 4) is 11.1 Å². The smallest absolute Gasteiger partial charge is 0.196 e. The van der Waals surface area contributed by atoms with Crippen LogP contribution in [0.5, 0.6) is 0 Å². The molecule has 212 valence electrons. The Morgan fingerprint density at radius 3 is 1.97 bits per heavy atom. The zero-order chi connectivity index (χ0) is 27.8. The average Bonchev–Trinajstić information content (AvgIpc) is 3.18. The monoisotopic (exact) mass is 657 g/mol. The van der Waals surface area contributed by atoms with Crippen LogP contribution in [0.3, 0.4) is 0 Å². The molecule has 4 rings (SSSR count). The maximum Gasteiger partial charge on any atom is 0.196 e. The number of thiocarbonyl (C=S) groups is 1. The van der Waals surface area contributed by atoms with Crippen LogP contribution in [-0.2, 0) is 5.41 Å². The normalized spacial score (nSPS) is 17.6. The van der Waals surface area contributed by atoms with Crippen molar-refractivity contribution in [2.45, 2.75) is 122 Å². The van der Waals surface area contributed by atoms with Crippen molar-refractivity contribution in [1.82, 2.24) is 10.2 Å². The Morgan fingerprint density at radius 1 is 0.821 bits per heavy atom. The Balaban J connectivity index is 1.70. The van der Waals surface area contributed by atoms with E-state index in [-0.39, 0.29) is 11.6 Å². The molecule has 0 fully saturated rings. The first-order chi connectivity index (χ1) is 18.9. The molecule has 0 saturated heterocycles. The van der Waals surface area contributed by atoms with Crippen LogP contribution in [0.15, 0.2) is 41.4 Å². The molecule has 2 aliphatic rings. The number of fused-ring (bicyclic) bond motifs is 3. The molecule has 1 aliphatic heterocycles. The minimum atomic E-state index is 0.0185. The highest BCUT2D eigenvalue weighted by atomic mass is 127. The van der Waals surface area contributed by atoms with E-state index in [2.05, 4.69) is 95.1 Å². The van der Waals surface area contributed by atoms with Crippen LogP contribution in [0.4, 0.5) is 0 Å². The lowest BCUT2D eigenvalue weighted by Gasteiger charge is -2.36. The number of aliphatic imine (C=N–C) groups is 1. The van der Waals surface area contributed by atoms with Crippen LogP contribution in [0.25, 0.3) is 11.1 Å². The molecular weight excluding hydrogens is 609 g/mol. The number of rotatable bonds is 15. The van der Waals surface area contributed by atoms with Crippen LogP contribution in [0.1, 0.15) is 134 Å². The zero-order valence-electron chi connectivity index (χ0n) is 24.6. The summed E-state index contributed by atoms with van der Waals surface area (Å²) in [4.78, 5) is 6.70. The zero-order valence-corrected chi connectivity index (χ0v) is 27.6. The van der Waals surface area contributed by atoms with Crippen LogP contribution in [0, 0.1) is 3.57 Å². The van der Waals surface area contributed by atoms with E-state index in [4.69, 9.17) is 12.2 Å². The van der Waals surface area contributed by atoms with Gasteiger partial charge in [-0.15, -0.1) is 0 Å². The van der Waals surface area contributed by atoms with Crippen LogP contribution in [0.2, 0.25) is 0 Å². The minimum Gasteiger partial charge on any atom is -0.339 e. The molecule has 0 saturated carbocycles. The second kappa shape index (κ2) is 14.4. The molecule has 0 aromatic heterocycles. The van der Waals surface area contributed by atoms with Gasteiger partial charge < -0.3 is 10.2 Å². The number of amidine groups is 1. The van der Waals surface area contributed by atoms with Crippen molar-refractivity contribution in [3.63, 3.8) is 0 Å². The fraction of sp³-hybridized carbons (Fsp3) is 0.588. The molecule has 0 amide bonds. The van der Waals surface area contributed by atoms with E-state index in [1.807, 2.05) is 6.92 Å². The summed E-state index contributed by atoms with van der Waals surface area (Å²) in [5.41, 5.74) is 7.38. The molecular formula is C34H48IN3S.